The monoisotopic (exact) mass is 241 g/mol. The molecule has 0 radical (unpaired) electrons. The third-order valence-electron chi connectivity index (χ3n) is 3.42. The van der Waals surface area contributed by atoms with Gasteiger partial charge >= 0.3 is 12.0 Å². The topological polar surface area (TPSA) is 72.9 Å². The van der Waals surface area contributed by atoms with Gasteiger partial charge in [0.05, 0.1) is 6.04 Å². The van der Waals surface area contributed by atoms with E-state index in [1.54, 1.807) is 9.80 Å². The molecule has 96 valence electrons. The Morgan fingerprint density at radius 1 is 1.47 bits per heavy atom. The van der Waals surface area contributed by atoms with E-state index >= 15 is 0 Å². The van der Waals surface area contributed by atoms with E-state index < -0.39 is 12.0 Å². The van der Waals surface area contributed by atoms with Crippen molar-refractivity contribution < 1.29 is 14.7 Å². The number of hydrogen-bond donors (Lipinski definition) is 2. The van der Waals surface area contributed by atoms with E-state index in [1.165, 1.54) is 0 Å². The van der Waals surface area contributed by atoms with Crippen molar-refractivity contribution in [3.8, 4) is 0 Å². The van der Waals surface area contributed by atoms with Crippen LogP contribution in [0, 0.1) is 0 Å². The van der Waals surface area contributed by atoms with Gasteiger partial charge in [-0.05, 0) is 20.8 Å². The molecule has 0 spiro atoms. The Morgan fingerprint density at radius 2 is 2.12 bits per heavy atom. The summed E-state index contributed by atoms with van der Waals surface area (Å²) in [6.07, 6.45) is 0. The summed E-state index contributed by atoms with van der Waals surface area (Å²) in [7, 11) is 0. The Balaban J connectivity index is 2.23. The highest BCUT2D eigenvalue weighted by Crippen LogP contribution is 2.27. The highest BCUT2D eigenvalue weighted by Gasteiger charge is 2.48. The number of aliphatic carboxylic acids is 1. The highest BCUT2D eigenvalue weighted by atomic mass is 16.4. The lowest BCUT2D eigenvalue weighted by Crippen LogP contribution is -2.60. The predicted molar refractivity (Wildman–Crippen MR) is 61.8 cm³/mol. The average molecular weight is 241 g/mol. The largest absolute Gasteiger partial charge is 0.480 e. The van der Waals surface area contributed by atoms with Crippen molar-refractivity contribution in [1.82, 2.24) is 15.1 Å². The van der Waals surface area contributed by atoms with Gasteiger partial charge in [-0.3, -0.25) is 4.79 Å². The molecule has 2 heterocycles. The number of carbonyl (C=O) groups is 2. The molecule has 2 unspecified atom stereocenters. The van der Waals surface area contributed by atoms with E-state index in [0.717, 1.165) is 0 Å². The molecule has 2 rings (SSSR count). The second-order valence-corrected chi connectivity index (χ2v) is 5.59. The van der Waals surface area contributed by atoms with Crippen molar-refractivity contribution in [2.75, 3.05) is 19.6 Å². The minimum absolute atomic E-state index is 0.0461. The van der Waals surface area contributed by atoms with Crippen LogP contribution in [0.15, 0.2) is 0 Å². The number of urea groups is 1. The highest BCUT2D eigenvalue weighted by molar-refractivity contribution is 5.82. The summed E-state index contributed by atoms with van der Waals surface area (Å²) in [4.78, 5) is 26.8. The van der Waals surface area contributed by atoms with E-state index in [0.29, 0.717) is 19.6 Å². The van der Waals surface area contributed by atoms with Gasteiger partial charge in [-0.15, -0.1) is 0 Å². The van der Waals surface area contributed by atoms with Crippen molar-refractivity contribution in [3.05, 3.63) is 0 Å². The molecular formula is C11H19N3O3. The molecule has 2 aliphatic heterocycles. The van der Waals surface area contributed by atoms with Crippen LogP contribution in [0.5, 0.6) is 0 Å². The fourth-order valence-electron chi connectivity index (χ4n) is 2.50. The van der Waals surface area contributed by atoms with Crippen LogP contribution in [0.1, 0.15) is 20.8 Å². The molecule has 0 aromatic carbocycles. The van der Waals surface area contributed by atoms with Crippen molar-refractivity contribution in [2.45, 2.75) is 38.4 Å². The first-order chi connectivity index (χ1) is 7.82. The summed E-state index contributed by atoms with van der Waals surface area (Å²) in [5.74, 6) is -0.886. The van der Waals surface area contributed by atoms with Crippen LogP contribution in [0.25, 0.3) is 0 Å². The maximum absolute atomic E-state index is 12.2. The molecule has 2 saturated heterocycles. The lowest BCUT2D eigenvalue weighted by atomic mass is 10.0. The lowest BCUT2D eigenvalue weighted by Gasteiger charge is -2.33. The van der Waals surface area contributed by atoms with Gasteiger partial charge in [-0.25, -0.2) is 4.79 Å². The third kappa shape index (κ3) is 1.97. The average Bonchev–Trinajstić information content (AvgIpc) is 2.55. The molecule has 2 fully saturated rings. The van der Waals surface area contributed by atoms with Crippen molar-refractivity contribution >= 4 is 12.0 Å². The fourth-order valence-corrected chi connectivity index (χ4v) is 2.50. The minimum atomic E-state index is -0.886. The number of nitrogens with one attached hydrogen (secondary N) is 1. The smallest absolute Gasteiger partial charge is 0.322 e. The first kappa shape index (κ1) is 12.2. The molecule has 2 aliphatic rings. The summed E-state index contributed by atoms with van der Waals surface area (Å²) >= 11 is 0. The molecule has 17 heavy (non-hydrogen) atoms. The van der Waals surface area contributed by atoms with Crippen LogP contribution < -0.4 is 5.32 Å². The summed E-state index contributed by atoms with van der Waals surface area (Å²) in [5.41, 5.74) is -0.266. The molecule has 0 bridgehead atoms. The molecule has 6 heteroatoms. The zero-order chi connectivity index (χ0) is 12.8. The number of piperazine rings is 1. The summed E-state index contributed by atoms with van der Waals surface area (Å²) in [6, 6.07) is -0.955. The number of carbonyl (C=O) groups excluding carboxylic acids is 1. The van der Waals surface area contributed by atoms with E-state index in [-0.39, 0.29) is 17.6 Å². The van der Waals surface area contributed by atoms with Crippen molar-refractivity contribution in [1.29, 1.82) is 0 Å². The zero-order valence-electron chi connectivity index (χ0n) is 10.4. The summed E-state index contributed by atoms with van der Waals surface area (Å²) in [6.45, 7) is 7.50. The van der Waals surface area contributed by atoms with Gasteiger partial charge in [0.2, 0.25) is 0 Å². The Bertz CT molecular complexity index is 350. The maximum Gasteiger partial charge on any atom is 0.322 e. The molecule has 2 atom stereocenters. The van der Waals surface area contributed by atoms with Crippen LogP contribution in [0.4, 0.5) is 4.79 Å². The Kier molecular flexibility index (Phi) is 2.77. The number of carboxylic acid groups (broad SMARTS) is 1. The quantitative estimate of drug-likeness (QED) is 0.675. The Labute approximate surface area is 101 Å². The molecule has 0 aliphatic carbocycles. The number of carboxylic acids is 1. The zero-order valence-corrected chi connectivity index (χ0v) is 10.4. The van der Waals surface area contributed by atoms with Gasteiger partial charge in [-0.2, -0.15) is 0 Å². The summed E-state index contributed by atoms with van der Waals surface area (Å²) in [5, 5.41) is 12.1. The minimum Gasteiger partial charge on any atom is -0.480 e. The van der Waals surface area contributed by atoms with E-state index in [9.17, 15) is 9.59 Å². The van der Waals surface area contributed by atoms with Crippen LogP contribution in [0.2, 0.25) is 0 Å². The number of nitrogens with zero attached hydrogens (tertiary/aromatic N) is 2. The van der Waals surface area contributed by atoms with E-state index in [2.05, 4.69) is 5.32 Å². The predicted octanol–water partition coefficient (Wildman–Crippen LogP) is -0.0525. The van der Waals surface area contributed by atoms with Gasteiger partial charge in [0.15, 0.2) is 0 Å². The SMILES string of the molecule is CC(C)(C)N1CC2C(C(=O)O)NCCN2C1=O. The molecule has 2 N–H and O–H groups in total. The molecule has 0 saturated carbocycles. The van der Waals surface area contributed by atoms with Crippen molar-refractivity contribution in [2.24, 2.45) is 0 Å². The van der Waals surface area contributed by atoms with E-state index in [1.807, 2.05) is 20.8 Å². The molecule has 6 nitrogen and oxygen atoms in total. The van der Waals surface area contributed by atoms with Crippen LogP contribution in [-0.4, -0.2) is 64.2 Å². The Morgan fingerprint density at radius 3 is 2.65 bits per heavy atom. The molecule has 0 aromatic heterocycles. The number of fused-ring (bicyclic) bond motifs is 1. The normalized spacial score (nSPS) is 29.5. The van der Waals surface area contributed by atoms with E-state index in [4.69, 9.17) is 5.11 Å². The van der Waals surface area contributed by atoms with Crippen molar-refractivity contribution in [3.63, 3.8) is 0 Å². The third-order valence-corrected chi connectivity index (χ3v) is 3.42. The molecular weight excluding hydrogens is 222 g/mol. The van der Waals surface area contributed by atoms with Crippen LogP contribution >= 0.6 is 0 Å². The van der Waals surface area contributed by atoms with Crippen LogP contribution in [0.3, 0.4) is 0 Å². The van der Waals surface area contributed by atoms with Crippen LogP contribution in [-0.2, 0) is 4.79 Å². The first-order valence-corrected chi connectivity index (χ1v) is 5.87. The van der Waals surface area contributed by atoms with Gasteiger partial charge in [0.1, 0.15) is 6.04 Å². The van der Waals surface area contributed by atoms with Gasteiger partial charge in [0.25, 0.3) is 0 Å². The molecule has 0 aromatic rings. The second kappa shape index (κ2) is 3.87. The van der Waals surface area contributed by atoms with Gasteiger partial charge < -0.3 is 20.2 Å². The number of hydrogen-bond acceptors (Lipinski definition) is 3. The maximum atomic E-state index is 12.2. The van der Waals surface area contributed by atoms with Gasteiger partial charge in [-0.1, -0.05) is 0 Å². The lowest BCUT2D eigenvalue weighted by molar-refractivity contribution is -0.141. The Hall–Kier alpha value is -1.30. The molecule has 2 amide bonds. The fraction of sp³-hybridized carbons (Fsp3) is 0.818. The number of amides is 2. The second-order valence-electron chi connectivity index (χ2n) is 5.59. The first-order valence-electron chi connectivity index (χ1n) is 5.87. The van der Waals surface area contributed by atoms with Gasteiger partial charge in [0, 0.05) is 25.2 Å². The summed E-state index contributed by atoms with van der Waals surface area (Å²) < 4.78 is 0. The standard InChI is InChI=1S/C11H19N3O3/c1-11(2,3)14-6-7-8(9(15)16)12-4-5-13(7)10(14)17/h7-8,12H,4-6H2,1-3H3,(H,15,16). The number of rotatable bonds is 1.